The number of methoxy groups -OCH3 is 1. The Labute approximate surface area is 248 Å². The van der Waals surface area contributed by atoms with E-state index in [2.05, 4.69) is 20.4 Å². The summed E-state index contributed by atoms with van der Waals surface area (Å²) in [5.74, 6) is -1.19. The lowest BCUT2D eigenvalue weighted by molar-refractivity contribution is -0.165. The second kappa shape index (κ2) is 12.0. The van der Waals surface area contributed by atoms with Gasteiger partial charge in [-0.2, -0.15) is 13.2 Å². The van der Waals surface area contributed by atoms with Gasteiger partial charge in [0.15, 0.2) is 23.1 Å². The largest absolute Gasteiger partial charge is 0.493 e. The van der Waals surface area contributed by atoms with Gasteiger partial charge in [-0.1, -0.05) is 17.3 Å². The van der Waals surface area contributed by atoms with Crippen molar-refractivity contribution in [1.29, 1.82) is 0 Å². The van der Waals surface area contributed by atoms with Crippen LogP contribution in [0.2, 0.25) is 0 Å². The molecule has 2 aromatic carbocycles. The molecule has 11 nitrogen and oxygen atoms in total. The van der Waals surface area contributed by atoms with Gasteiger partial charge in [-0.15, -0.1) is 0 Å². The van der Waals surface area contributed by atoms with Gasteiger partial charge in [-0.05, 0) is 24.5 Å². The van der Waals surface area contributed by atoms with Crippen LogP contribution in [0.5, 0.6) is 11.5 Å². The Morgan fingerprint density at radius 1 is 1.07 bits per heavy atom. The maximum Gasteiger partial charge on any atom is 0.409 e. The van der Waals surface area contributed by atoms with E-state index in [0.717, 1.165) is 6.07 Å². The smallest absolute Gasteiger partial charge is 0.409 e. The quantitative estimate of drug-likeness (QED) is 0.187. The Hall–Kier alpha value is -4.95. The van der Waals surface area contributed by atoms with Crippen LogP contribution in [0, 0.1) is 5.82 Å². The van der Waals surface area contributed by atoms with Gasteiger partial charge >= 0.3 is 12.3 Å². The molecular formula is C29H27F4N5O6. The highest BCUT2D eigenvalue weighted by molar-refractivity contribution is 5.91. The molecule has 1 aliphatic carbocycles. The predicted molar refractivity (Wildman–Crippen MR) is 148 cm³/mol. The van der Waals surface area contributed by atoms with Crippen LogP contribution in [0.4, 0.5) is 28.2 Å². The summed E-state index contributed by atoms with van der Waals surface area (Å²) in [6, 6.07) is 8.46. The maximum absolute atomic E-state index is 15.0. The monoisotopic (exact) mass is 617 g/mol. The molecule has 1 aliphatic rings. The molecule has 1 saturated carbocycles. The number of anilines is 1. The molecule has 0 bridgehead atoms. The lowest BCUT2D eigenvalue weighted by Gasteiger charge is -2.14. The molecule has 2 amide bonds. The maximum atomic E-state index is 15.0. The Kier molecular flexibility index (Phi) is 8.30. The van der Waals surface area contributed by atoms with E-state index < -0.39 is 35.8 Å². The molecule has 44 heavy (non-hydrogen) atoms. The first-order valence-corrected chi connectivity index (χ1v) is 13.3. The first-order chi connectivity index (χ1) is 20.9. The van der Waals surface area contributed by atoms with Crippen molar-refractivity contribution >= 4 is 28.9 Å². The standard InChI is InChI=1S/C29H27F4N5O6/c1-38(2)27(40)43-9-8-42-23-12-19-20(13-22(23)41-3)35-21(15-34-19)17-5-4-16(18(30)10-17)11-26(39)36-25-14-24(44-37-25)28(6-7-28)29(31,32)33/h4-5,10,12-15H,6-9,11H2,1-3H3,(H,36,37,39). The van der Waals surface area contributed by atoms with Gasteiger partial charge in [0.25, 0.3) is 0 Å². The normalized spacial score (nSPS) is 13.8. The first kappa shape index (κ1) is 30.5. The van der Waals surface area contributed by atoms with Crippen LogP contribution in [-0.4, -0.2) is 72.6 Å². The summed E-state index contributed by atoms with van der Waals surface area (Å²) in [5.41, 5.74) is -0.347. The summed E-state index contributed by atoms with van der Waals surface area (Å²) < 4.78 is 75.9. The highest BCUT2D eigenvalue weighted by Gasteiger charge is 2.66. The van der Waals surface area contributed by atoms with E-state index in [1.165, 1.54) is 30.3 Å². The van der Waals surface area contributed by atoms with Crippen molar-refractivity contribution in [2.75, 3.05) is 39.7 Å². The number of carbonyl (C=O) groups excluding carboxylic acids is 2. The van der Waals surface area contributed by atoms with Crippen LogP contribution >= 0.6 is 0 Å². The van der Waals surface area contributed by atoms with Crippen molar-refractivity contribution in [2.45, 2.75) is 30.9 Å². The van der Waals surface area contributed by atoms with E-state index >= 15 is 4.39 Å². The Morgan fingerprint density at radius 2 is 1.82 bits per heavy atom. The van der Waals surface area contributed by atoms with E-state index in [9.17, 15) is 22.8 Å². The number of amides is 2. The second-order valence-corrected chi connectivity index (χ2v) is 10.3. The number of benzene rings is 2. The molecular weight excluding hydrogens is 590 g/mol. The third-order valence-electron chi connectivity index (χ3n) is 7.00. The SMILES string of the molecule is COc1cc2nc(-c3ccc(CC(=O)Nc4cc(C5(C(F)(F)F)CC5)on4)c(F)c3)cnc2cc1OCCOC(=O)N(C)C. The molecule has 1 N–H and O–H groups in total. The van der Waals surface area contributed by atoms with Crippen molar-refractivity contribution in [3.8, 4) is 22.8 Å². The average molecular weight is 618 g/mol. The highest BCUT2D eigenvalue weighted by atomic mass is 19.4. The molecule has 15 heteroatoms. The highest BCUT2D eigenvalue weighted by Crippen LogP contribution is 2.59. The fourth-order valence-corrected chi connectivity index (χ4v) is 4.41. The summed E-state index contributed by atoms with van der Waals surface area (Å²) in [6.07, 6.45) is -4.14. The van der Waals surface area contributed by atoms with E-state index in [-0.39, 0.29) is 43.2 Å². The van der Waals surface area contributed by atoms with E-state index in [0.29, 0.717) is 33.8 Å². The van der Waals surface area contributed by atoms with E-state index in [4.69, 9.17) is 18.7 Å². The Morgan fingerprint density at radius 3 is 2.48 bits per heavy atom. The zero-order chi connectivity index (χ0) is 31.6. The molecule has 0 aliphatic heterocycles. The molecule has 0 spiro atoms. The van der Waals surface area contributed by atoms with Crippen molar-refractivity contribution < 1.29 is 45.9 Å². The van der Waals surface area contributed by atoms with Crippen LogP contribution in [0.15, 0.2) is 47.1 Å². The van der Waals surface area contributed by atoms with E-state index in [1.807, 2.05) is 0 Å². The number of hydrogen-bond acceptors (Lipinski definition) is 9. The fourth-order valence-electron chi connectivity index (χ4n) is 4.41. The fraction of sp³-hybridized carbons (Fsp3) is 0.345. The number of ether oxygens (including phenoxy) is 3. The average Bonchev–Trinajstić information content (AvgIpc) is 3.69. The number of carbonyl (C=O) groups is 2. The molecule has 0 atom stereocenters. The van der Waals surface area contributed by atoms with Crippen LogP contribution in [0.1, 0.15) is 24.2 Å². The van der Waals surface area contributed by atoms with E-state index in [1.54, 1.807) is 32.3 Å². The zero-order valence-corrected chi connectivity index (χ0v) is 23.8. The molecule has 5 rings (SSSR count). The minimum atomic E-state index is -4.48. The summed E-state index contributed by atoms with van der Waals surface area (Å²) in [4.78, 5) is 34.3. The van der Waals surface area contributed by atoms with Gasteiger partial charge in [0.2, 0.25) is 5.91 Å². The molecule has 1 fully saturated rings. The Bertz CT molecular complexity index is 1700. The summed E-state index contributed by atoms with van der Waals surface area (Å²) in [7, 11) is 4.59. The van der Waals surface area contributed by atoms with Gasteiger partial charge < -0.3 is 29.0 Å². The minimum Gasteiger partial charge on any atom is -0.493 e. The van der Waals surface area contributed by atoms with Crippen molar-refractivity contribution in [3.63, 3.8) is 0 Å². The van der Waals surface area contributed by atoms with Gasteiger partial charge in [0, 0.05) is 37.9 Å². The number of nitrogens with one attached hydrogen (secondary N) is 1. The number of rotatable bonds is 10. The zero-order valence-electron chi connectivity index (χ0n) is 23.8. The van der Waals surface area contributed by atoms with Crippen LogP contribution in [-0.2, 0) is 21.4 Å². The lowest BCUT2D eigenvalue weighted by atomic mass is 10.0. The van der Waals surface area contributed by atoms with Crippen LogP contribution in [0.25, 0.3) is 22.3 Å². The molecule has 4 aromatic rings. The number of aromatic nitrogens is 3. The first-order valence-electron chi connectivity index (χ1n) is 13.3. The second-order valence-electron chi connectivity index (χ2n) is 10.3. The van der Waals surface area contributed by atoms with Gasteiger partial charge in [-0.25, -0.2) is 14.2 Å². The molecule has 0 unspecified atom stereocenters. The summed E-state index contributed by atoms with van der Waals surface area (Å²) in [6.45, 7) is 0.102. The van der Waals surface area contributed by atoms with Gasteiger partial charge in [0.05, 0.1) is 36.5 Å². The van der Waals surface area contributed by atoms with Crippen molar-refractivity contribution in [3.05, 3.63) is 59.7 Å². The van der Waals surface area contributed by atoms with Gasteiger partial charge in [0.1, 0.15) is 24.4 Å². The topological polar surface area (TPSA) is 129 Å². The third-order valence-corrected chi connectivity index (χ3v) is 7.00. The van der Waals surface area contributed by atoms with Gasteiger partial charge in [-0.3, -0.25) is 9.78 Å². The summed E-state index contributed by atoms with van der Waals surface area (Å²) in [5, 5.41) is 5.87. The van der Waals surface area contributed by atoms with Crippen molar-refractivity contribution in [1.82, 2.24) is 20.0 Å². The predicted octanol–water partition coefficient (Wildman–Crippen LogP) is 5.28. The van der Waals surface area contributed by atoms with Crippen molar-refractivity contribution in [2.24, 2.45) is 0 Å². The molecule has 0 radical (unpaired) electrons. The number of hydrogen-bond donors (Lipinski definition) is 1. The summed E-state index contributed by atoms with van der Waals surface area (Å²) >= 11 is 0. The lowest BCUT2D eigenvalue weighted by Crippen LogP contribution is -2.28. The third kappa shape index (κ3) is 6.35. The van der Waals surface area contributed by atoms with Crippen LogP contribution < -0.4 is 14.8 Å². The number of alkyl halides is 3. The molecule has 2 heterocycles. The number of halogens is 4. The number of fused-ring (bicyclic) bond motifs is 1. The minimum absolute atomic E-state index is 0.0236. The molecule has 0 saturated heterocycles. The number of nitrogens with zero attached hydrogens (tertiary/aromatic N) is 4. The Balaban J connectivity index is 1.24. The molecule has 232 valence electrons. The van der Waals surface area contributed by atoms with Crippen LogP contribution in [0.3, 0.4) is 0 Å². The molecule has 2 aromatic heterocycles.